The summed E-state index contributed by atoms with van der Waals surface area (Å²) in [7, 11) is 0. The van der Waals surface area contributed by atoms with Gasteiger partial charge in [-0.15, -0.1) is 0 Å². The molecule has 6 heteroatoms. The molecule has 1 aromatic carbocycles. The first-order valence-electron chi connectivity index (χ1n) is 7.58. The maximum Gasteiger partial charge on any atom is 0.220 e. The molecule has 2 heterocycles. The average molecular weight is 325 g/mol. The first kappa shape index (κ1) is 15.9. The molecule has 0 bridgehead atoms. The first-order valence-corrected chi connectivity index (χ1v) is 7.58. The van der Waals surface area contributed by atoms with Crippen LogP contribution >= 0.6 is 0 Å². The van der Waals surface area contributed by atoms with Gasteiger partial charge in [0.15, 0.2) is 11.7 Å². The summed E-state index contributed by atoms with van der Waals surface area (Å²) in [6.07, 6.45) is 3.94. The number of pyridine rings is 1. The molecule has 0 saturated heterocycles. The fourth-order valence-corrected chi connectivity index (χ4v) is 2.17. The maximum atomic E-state index is 12.9. The fraction of sp³-hybridized carbons (Fsp3) is 0.167. The molecule has 1 N–H and O–H groups in total. The van der Waals surface area contributed by atoms with Gasteiger partial charge in [-0.25, -0.2) is 9.37 Å². The van der Waals surface area contributed by atoms with Gasteiger partial charge in [-0.1, -0.05) is 6.07 Å². The summed E-state index contributed by atoms with van der Waals surface area (Å²) in [5.41, 5.74) is 1.55. The van der Waals surface area contributed by atoms with Crippen LogP contribution in [-0.4, -0.2) is 15.9 Å². The molecule has 0 fully saturated rings. The van der Waals surface area contributed by atoms with Crippen molar-refractivity contribution in [1.29, 1.82) is 0 Å². The van der Waals surface area contributed by atoms with E-state index in [0.717, 1.165) is 11.3 Å². The first-order chi connectivity index (χ1) is 11.7. The molecular weight excluding hydrogens is 309 g/mol. The van der Waals surface area contributed by atoms with E-state index in [1.807, 2.05) is 18.2 Å². The predicted octanol–water partition coefficient (Wildman–Crippen LogP) is 3.12. The molecular formula is C18H16FN3O2. The molecule has 0 saturated carbocycles. The summed E-state index contributed by atoms with van der Waals surface area (Å²) in [6, 6.07) is 11.5. The summed E-state index contributed by atoms with van der Waals surface area (Å²) in [6.45, 7) is 0.395. The van der Waals surface area contributed by atoms with E-state index in [4.69, 9.17) is 4.42 Å². The molecule has 1 amide bonds. The minimum absolute atomic E-state index is 0.0952. The van der Waals surface area contributed by atoms with E-state index in [-0.39, 0.29) is 18.1 Å². The molecule has 0 spiro atoms. The topological polar surface area (TPSA) is 68.0 Å². The second-order valence-corrected chi connectivity index (χ2v) is 5.22. The number of hydrogen-bond acceptors (Lipinski definition) is 4. The van der Waals surface area contributed by atoms with Gasteiger partial charge in [0, 0.05) is 24.6 Å². The van der Waals surface area contributed by atoms with Crippen LogP contribution in [0.15, 0.2) is 59.3 Å². The Morgan fingerprint density at radius 3 is 2.71 bits per heavy atom. The highest BCUT2D eigenvalue weighted by atomic mass is 19.1. The lowest BCUT2D eigenvalue weighted by Crippen LogP contribution is -2.23. The molecule has 5 nitrogen and oxygen atoms in total. The van der Waals surface area contributed by atoms with Crippen molar-refractivity contribution in [3.63, 3.8) is 0 Å². The Kier molecular flexibility index (Phi) is 4.96. The summed E-state index contributed by atoms with van der Waals surface area (Å²) < 4.78 is 18.5. The predicted molar refractivity (Wildman–Crippen MR) is 86.3 cm³/mol. The number of rotatable bonds is 6. The van der Waals surface area contributed by atoms with Gasteiger partial charge in [0.05, 0.1) is 18.4 Å². The van der Waals surface area contributed by atoms with Crippen LogP contribution in [0.5, 0.6) is 0 Å². The Balaban J connectivity index is 1.50. The van der Waals surface area contributed by atoms with Gasteiger partial charge in [-0.2, -0.15) is 0 Å². The normalized spacial score (nSPS) is 10.5. The molecule has 0 aliphatic heterocycles. The van der Waals surface area contributed by atoms with Crippen molar-refractivity contribution in [1.82, 2.24) is 15.3 Å². The van der Waals surface area contributed by atoms with Crippen molar-refractivity contribution in [3.05, 3.63) is 72.3 Å². The number of benzene rings is 1. The lowest BCUT2D eigenvalue weighted by molar-refractivity contribution is -0.121. The monoisotopic (exact) mass is 325 g/mol. The Labute approximate surface area is 138 Å². The number of carbonyl (C=O) groups is 1. The second-order valence-electron chi connectivity index (χ2n) is 5.22. The zero-order valence-corrected chi connectivity index (χ0v) is 12.9. The molecule has 24 heavy (non-hydrogen) atoms. The molecule has 0 aliphatic carbocycles. The van der Waals surface area contributed by atoms with E-state index in [1.54, 1.807) is 24.5 Å². The van der Waals surface area contributed by atoms with Crippen LogP contribution in [0.3, 0.4) is 0 Å². The number of hydrogen-bond donors (Lipinski definition) is 1. The Morgan fingerprint density at radius 2 is 1.96 bits per heavy atom. The minimum Gasteiger partial charge on any atom is -0.441 e. The third kappa shape index (κ3) is 4.25. The van der Waals surface area contributed by atoms with Gasteiger partial charge in [0.1, 0.15) is 5.82 Å². The lowest BCUT2D eigenvalue weighted by Gasteiger charge is -2.03. The number of halogens is 1. The molecule has 0 aliphatic rings. The molecule has 122 valence electrons. The van der Waals surface area contributed by atoms with Crippen LogP contribution in [0, 0.1) is 5.82 Å². The van der Waals surface area contributed by atoms with Gasteiger partial charge in [-0.05, 0) is 36.4 Å². The van der Waals surface area contributed by atoms with E-state index in [9.17, 15) is 9.18 Å². The third-order valence-corrected chi connectivity index (χ3v) is 3.44. The van der Waals surface area contributed by atoms with E-state index in [1.165, 1.54) is 12.1 Å². The third-order valence-electron chi connectivity index (χ3n) is 3.44. The van der Waals surface area contributed by atoms with Crippen LogP contribution < -0.4 is 5.32 Å². The van der Waals surface area contributed by atoms with Crippen LogP contribution in [-0.2, 0) is 17.8 Å². The highest BCUT2D eigenvalue weighted by Gasteiger charge is 2.09. The number of aryl methyl sites for hydroxylation is 1. The van der Waals surface area contributed by atoms with Gasteiger partial charge in [0.2, 0.25) is 5.91 Å². The number of amides is 1. The molecule has 3 aromatic rings. The van der Waals surface area contributed by atoms with Crippen molar-refractivity contribution in [2.75, 3.05) is 0 Å². The Morgan fingerprint density at radius 1 is 1.12 bits per heavy atom. The van der Waals surface area contributed by atoms with E-state index in [2.05, 4.69) is 15.3 Å². The summed E-state index contributed by atoms with van der Waals surface area (Å²) in [5, 5.41) is 2.80. The standard InChI is InChI=1S/C18H16FN3O2/c19-14-6-4-13(5-7-14)16-12-22-18(24-16)9-8-17(23)21-11-15-3-1-2-10-20-15/h1-7,10,12H,8-9,11H2,(H,21,23). The summed E-state index contributed by atoms with van der Waals surface area (Å²) >= 11 is 0. The SMILES string of the molecule is O=C(CCc1ncc(-c2ccc(F)cc2)o1)NCc1ccccn1. The van der Waals surface area contributed by atoms with Crippen molar-refractivity contribution in [2.24, 2.45) is 0 Å². The smallest absolute Gasteiger partial charge is 0.220 e. The fourth-order valence-electron chi connectivity index (χ4n) is 2.17. The number of nitrogens with one attached hydrogen (secondary N) is 1. The largest absolute Gasteiger partial charge is 0.441 e. The zero-order valence-electron chi connectivity index (χ0n) is 12.9. The van der Waals surface area contributed by atoms with E-state index < -0.39 is 0 Å². The van der Waals surface area contributed by atoms with Gasteiger partial charge in [-0.3, -0.25) is 9.78 Å². The highest BCUT2D eigenvalue weighted by molar-refractivity contribution is 5.76. The van der Waals surface area contributed by atoms with Gasteiger partial charge < -0.3 is 9.73 Å². The van der Waals surface area contributed by atoms with Crippen LogP contribution in [0.2, 0.25) is 0 Å². The second kappa shape index (κ2) is 7.50. The molecule has 0 atom stereocenters. The number of aromatic nitrogens is 2. The molecule has 0 radical (unpaired) electrons. The molecule has 0 unspecified atom stereocenters. The Hall–Kier alpha value is -3.02. The van der Waals surface area contributed by atoms with Crippen molar-refractivity contribution in [2.45, 2.75) is 19.4 Å². The van der Waals surface area contributed by atoms with Crippen molar-refractivity contribution < 1.29 is 13.6 Å². The van der Waals surface area contributed by atoms with E-state index >= 15 is 0 Å². The van der Waals surface area contributed by atoms with Gasteiger partial charge in [0.25, 0.3) is 0 Å². The average Bonchev–Trinajstić information content (AvgIpc) is 3.09. The van der Waals surface area contributed by atoms with Crippen molar-refractivity contribution >= 4 is 5.91 Å². The van der Waals surface area contributed by atoms with Crippen LogP contribution in [0.25, 0.3) is 11.3 Å². The van der Waals surface area contributed by atoms with Crippen molar-refractivity contribution in [3.8, 4) is 11.3 Å². The highest BCUT2D eigenvalue weighted by Crippen LogP contribution is 2.21. The quantitative estimate of drug-likeness (QED) is 0.756. The molecule has 2 aromatic heterocycles. The Bertz CT molecular complexity index is 801. The lowest BCUT2D eigenvalue weighted by atomic mass is 10.2. The van der Waals surface area contributed by atoms with Crippen LogP contribution in [0.4, 0.5) is 4.39 Å². The minimum atomic E-state index is -0.303. The molecule has 3 rings (SSSR count). The number of carbonyl (C=O) groups excluding carboxylic acids is 1. The summed E-state index contributed by atoms with van der Waals surface area (Å²) in [5.74, 6) is 0.631. The zero-order chi connectivity index (χ0) is 16.8. The van der Waals surface area contributed by atoms with Crippen LogP contribution in [0.1, 0.15) is 18.0 Å². The summed E-state index contributed by atoms with van der Waals surface area (Å²) in [4.78, 5) is 20.1. The maximum absolute atomic E-state index is 12.9. The van der Waals surface area contributed by atoms with E-state index in [0.29, 0.717) is 24.6 Å². The number of oxazole rings is 1. The van der Waals surface area contributed by atoms with Gasteiger partial charge >= 0.3 is 0 Å². The number of nitrogens with zero attached hydrogens (tertiary/aromatic N) is 2.